The van der Waals surface area contributed by atoms with Gasteiger partial charge in [-0.25, -0.2) is 0 Å². The minimum absolute atomic E-state index is 0.426. The van der Waals surface area contributed by atoms with Crippen molar-refractivity contribution in [3.05, 3.63) is 59.9 Å². The van der Waals surface area contributed by atoms with E-state index in [1.165, 1.54) is 0 Å². The maximum Gasteiger partial charge on any atom is 0.0962 e. The quantitative estimate of drug-likeness (QED) is 0.519. The fraction of sp³-hybridized carbons (Fsp3) is 0.143. The molecule has 0 radical (unpaired) electrons. The molecule has 1 unspecified atom stereocenters. The summed E-state index contributed by atoms with van der Waals surface area (Å²) in [5.74, 6) is 0. The van der Waals surface area contributed by atoms with Gasteiger partial charge >= 0.3 is 0 Å². The number of aliphatic hydroxyl groups is 1. The Balaban J connectivity index is 2.09. The van der Waals surface area contributed by atoms with E-state index in [-0.39, 0.29) is 0 Å². The van der Waals surface area contributed by atoms with E-state index in [2.05, 4.69) is 69.0 Å². The van der Waals surface area contributed by atoms with Crippen LogP contribution in [0.5, 0.6) is 0 Å². The summed E-state index contributed by atoms with van der Waals surface area (Å²) in [6.45, 7) is 0.426. The van der Waals surface area contributed by atoms with Crippen LogP contribution in [-0.2, 0) is 0 Å². The second-order valence-electron chi connectivity index (χ2n) is 4.20. The minimum atomic E-state index is -0.574. The van der Waals surface area contributed by atoms with E-state index >= 15 is 0 Å². The van der Waals surface area contributed by atoms with Gasteiger partial charge in [-0.2, -0.15) is 0 Å². The molecule has 0 aromatic heterocycles. The lowest BCUT2D eigenvalue weighted by molar-refractivity contribution is 0.191. The summed E-state index contributed by atoms with van der Waals surface area (Å²) >= 11 is 13.8. The number of halogens is 4. The van der Waals surface area contributed by atoms with Crippen molar-refractivity contribution in [1.82, 2.24) is 0 Å². The minimum Gasteiger partial charge on any atom is -0.387 e. The summed E-state index contributed by atoms with van der Waals surface area (Å²) in [5, 5.41) is 13.5. The molecule has 0 fully saturated rings. The van der Waals surface area contributed by atoms with Crippen molar-refractivity contribution >= 4 is 69.4 Å². The first kappa shape index (κ1) is 16.5. The summed E-state index contributed by atoms with van der Waals surface area (Å²) in [6, 6.07) is 11.6. The smallest absolute Gasteiger partial charge is 0.0962 e. The van der Waals surface area contributed by atoms with Crippen molar-refractivity contribution in [2.24, 2.45) is 0 Å². The van der Waals surface area contributed by atoms with Gasteiger partial charge in [-0.1, -0.05) is 44.0 Å². The van der Waals surface area contributed by atoms with Gasteiger partial charge in [0.1, 0.15) is 0 Å². The van der Waals surface area contributed by atoms with Crippen molar-refractivity contribution in [2.45, 2.75) is 6.10 Å². The molecule has 0 bridgehead atoms. The average Bonchev–Trinajstić information content (AvgIpc) is 2.37. The largest absolute Gasteiger partial charge is 0.387 e. The third kappa shape index (κ3) is 4.31. The molecule has 0 aliphatic carbocycles. The zero-order valence-corrected chi connectivity index (χ0v) is 16.6. The lowest BCUT2D eigenvalue weighted by Crippen LogP contribution is -2.12. The van der Waals surface area contributed by atoms with Crippen LogP contribution in [0.15, 0.2) is 54.3 Å². The Kier molecular flexibility index (Phi) is 6.10. The standard InChI is InChI=1S/C14H11Br4NO/c15-9-3-1-2-8(4-9)13(20)7-19-14-11(17)5-10(16)6-12(14)18/h1-6,13,19-20H,7H2. The predicted molar refractivity (Wildman–Crippen MR) is 97.1 cm³/mol. The molecule has 0 saturated carbocycles. The number of nitrogens with one attached hydrogen (secondary N) is 1. The van der Waals surface area contributed by atoms with Crippen LogP contribution in [0, 0.1) is 0 Å². The van der Waals surface area contributed by atoms with Crippen molar-refractivity contribution in [3.8, 4) is 0 Å². The van der Waals surface area contributed by atoms with Crippen molar-refractivity contribution in [1.29, 1.82) is 0 Å². The molecule has 0 aliphatic rings. The molecule has 0 spiro atoms. The molecule has 106 valence electrons. The molecule has 0 amide bonds. The number of anilines is 1. The molecule has 0 saturated heterocycles. The Labute approximate surface area is 151 Å². The number of hydrogen-bond donors (Lipinski definition) is 2. The number of hydrogen-bond acceptors (Lipinski definition) is 2. The van der Waals surface area contributed by atoms with Crippen LogP contribution in [0.3, 0.4) is 0 Å². The van der Waals surface area contributed by atoms with E-state index in [1.54, 1.807) is 0 Å². The fourth-order valence-corrected chi connectivity index (χ4v) is 4.70. The molecule has 2 aromatic carbocycles. The van der Waals surface area contributed by atoms with E-state index < -0.39 is 6.10 Å². The molecule has 1 atom stereocenters. The Bertz CT molecular complexity index is 595. The van der Waals surface area contributed by atoms with Crippen molar-refractivity contribution < 1.29 is 5.11 Å². The molecular weight excluding hydrogens is 518 g/mol. The van der Waals surface area contributed by atoms with Gasteiger partial charge in [0.15, 0.2) is 0 Å². The van der Waals surface area contributed by atoms with Crippen LogP contribution < -0.4 is 5.32 Å². The van der Waals surface area contributed by atoms with Crippen LogP contribution in [0.1, 0.15) is 11.7 Å². The Hall–Kier alpha value is 0.120. The van der Waals surface area contributed by atoms with Gasteiger partial charge < -0.3 is 10.4 Å². The number of aliphatic hydroxyl groups excluding tert-OH is 1. The van der Waals surface area contributed by atoms with Crippen LogP contribution >= 0.6 is 63.7 Å². The summed E-state index contributed by atoms with van der Waals surface area (Å²) in [5.41, 5.74) is 1.79. The van der Waals surface area contributed by atoms with Crippen LogP contribution in [-0.4, -0.2) is 11.7 Å². The predicted octanol–water partition coefficient (Wildman–Crippen LogP) is 5.88. The molecule has 0 heterocycles. The highest BCUT2D eigenvalue weighted by Gasteiger charge is 2.11. The second-order valence-corrected chi connectivity index (χ2v) is 7.74. The molecule has 2 rings (SSSR count). The molecule has 0 aliphatic heterocycles. The summed E-state index contributed by atoms with van der Waals surface area (Å²) in [4.78, 5) is 0. The second kappa shape index (κ2) is 7.40. The van der Waals surface area contributed by atoms with Crippen LogP contribution in [0.25, 0.3) is 0 Å². The average molecular weight is 529 g/mol. The monoisotopic (exact) mass is 525 g/mol. The number of rotatable bonds is 4. The maximum atomic E-state index is 10.2. The molecule has 2 N–H and O–H groups in total. The van der Waals surface area contributed by atoms with Crippen LogP contribution in [0.4, 0.5) is 5.69 Å². The third-order valence-electron chi connectivity index (χ3n) is 2.71. The molecule has 20 heavy (non-hydrogen) atoms. The van der Waals surface area contributed by atoms with Gasteiger partial charge in [-0.3, -0.25) is 0 Å². The topological polar surface area (TPSA) is 32.3 Å². The first-order valence-corrected chi connectivity index (χ1v) is 8.96. The van der Waals surface area contributed by atoms with Gasteiger partial charge in [0.05, 0.1) is 11.8 Å². The molecule has 2 nitrogen and oxygen atoms in total. The SMILES string of the molecule is OC(CNc1c(Br)cc(Br)cc1Br)c1cccc(Br)c1. The normalized spacial score (nSPS) is 12.2. The zero-order valence-electron chi connectivity index (χ0n) is 10.2. The molecule has 2 aromatic rings. The van der Waals surface area contributed by atoms with Gasteiger partial charge in [0.2, 0.25) is 0 Å². The summed E-state index contributed by atoms with van der Waals surface area (Å²) in [6.07, 6.45) is -0.574. The van der Waals surface area contributed by atoms with Gasteiger partial charge in [0, 0.05) is 24.4 Å². The highest BCUT2D eigenvalue weighted by atomic mass is 79.9. The van der Waals surface area contributed by atoms with E-state index in [4.69, 9.17) is 0 Å². The van der Waals surface area contributed by atoms with Crippen LogP contribution in [0.2, 0.25) is 0 Å². The fourth-order valence-electron chi connectivity index (χ4n) is 1.74. The lowest BCUT2D eigenvalue weighted by atomic mass is 10.1. The van der Waals surface area contributed by atoms with Gasteiger partial charge in [0.25, 0.3) is 0 Å². The maximum absolute atomic E-state index is 10.2. The summed E-state index contributed by atoms with van der Waals surface area (Å²) in [7, 11) is 0. The lowest BCUT2D eigenvalue weighted by Gasteiger charge is -2.16. The van der Waals surface area contributed by atoms with Gasteiger partial charge in [-0.05, 0) is 61.7 Å². The Morgan fingerprint density at radius 2 is 1.60 bits per heavy atom. The van der Waals surface area contributed by atoms with E-state index in [0.29, 0.717) is 6.54 Å². The molecular formula is C14H11Br4NO. The highest BCUT2D eigenvalue weighted by Crippen LogP contribution is 2.34. The van der Waals surface area contributed by atoms with E-state index in [1.807, 2.05) is 36.4 Å². The first-order chi connectivity index (χ1) is 9.47. The van der Waals surface area contributed by atoms with E-state index in [9.17, 15) is 5.11 Å². The Morgan fingerprint density at radius 3 is 2.20 bits per heavy atom. The first-order valence-electron chi connectivity index (χ1n) is 5.79. The van der Waals surface area contributed by atoms with Gasteiger partial charge in [-0.15, -0.1) is 0 Å². The highest BCUT2D eigenvalue weighted by molar-refractivity contribution is 9.11. The van der Waals surface area contributed by atoms with Crippen molar-refractivity contribution in [3.63, 3.8) is 0 Å². The Morgan fingerprint density at radius 1 is 0.950 bits per heavy atom. The molecule has 6 heteroatoms. The number of benzene rings is 2. The summed E-state index contributed by atoms with van der Waals surface area (Å²) < 4.78 is 3.80. The van der Waals surface area contributed by atoms with E-state index in [0.717, 1.165) is 29.1 Å². The zero-order chi connectivity index (χ0) is 14.7. The third-order valence-corrected chi connectivity index (χ3v) is 4.91. The van der Waals surface area contributed by atoms with Crippen molar-refractivity contribution in [2.75, 3.05) is 11.9 Å².